The second kappa shape index (κ2) is 5.70. The number of nitrogen functional groups attached to an aromatic ring is 2. The van der Waals surface area contributed by atoms with E-state index in [2.05, 4.69) is 77.0 Å². The fourth-order valence-corrected chi connectivity index (χ4v) is 3.88. The number of fused-ring (bicyclic) bond motifs is 3. The molecule has 1 unspecified atom stereocenters. The molecule has 0 bridgehead atoms. The molecule has 0 spiro atoms. The summed E-state index contributed by atoms with van der Waals surface area (Å²) in [5.74, 6) is 0. The van der Waals surface area contributed by atoms with Gasteiger partial charge in [-0.05, 0) is 75.7 Å². The Morgan fingerprint density at radius 1 is 0.833 bits per heavy atom. The van der Waals surface area contributed by atoms with Crippen LogP contribution in [0.25, 0.3) is 11.1 Å². The Morgan fingerprint density at radius 2 is 1.46 bits per heavy atom. The van der Waals surface area contributed by atoms with E-state index in [-0.39, 0.29) is 6.04 Å². The fraction of sp³-hybridized carbons (Fsp3) is 0.100. The standard InChI is InChI=1S/C20H18IN3/c1-24-19-11-15(23)7-9-17(19)16-8-6-14(22)10-18(16)20(24)12-2-4-13(21)5-3-12/h2-11,20H,22-23H2,1H3. The van der Waals surface area contributed by atoms with E-state index in [0.717, 1.165) is 17.1 Å². The second-order valence-electron chi connectivity index (χ2n) is 6.19. The van der Waals surface area contributed by atoms with Crippen LogP contribution >= 0.6 is 22.6 Å². The van der Waals surface area contributed by atoms with Gasteiger partial charge in [-0.2, -0.15) is 0 Å². The molecule has 3 nitrogen and oxygen atoms in total. The lowest BCUT2D eigenvalue weighted by Crippen LogP contribution is -2.29. The first-order valence-corrected chi connectivity index (χ1v) is 8.90. The molecule has 3 aromatic carbocycles. The molecule has 1 atom stereocenters. The van der Waals surface area contributed by atoms with E-state index in [1.807, 2.05) is 18.2 Å². The number of nitrogens with zero attached hydrogens (tertiary/aromatic N) is 1. The zero-order chi connectivity index (χ0) is 16.8. The zero-order valence-electron chi connectivity index (χ0n) is 13.3. The van der Waals surface area contributed by atoms with Crippen LogP contribution in [0.3, 0.4) is 0 Å². The van der Waals surface area contributed by atoms with Crippen molar-refractivity contribution in [2.24, 2.45) is 0 Å². The summed E-state index contributed by atoms with van der Waals surface area (Å²) in [4.78, 5) is 2.29. The molecule has 1 aliphatic heterocycles. The van der Waals surface area contributed by atoms with Gasteiger partial charge in [-0.1, -0.05) is 24.3 Å². The molecule has 0 amide bonds. The lowest BCUT2D eigenvalue weighted by Gasteiger charge is -2.38. The summed E-state index contributed by atoms with van der Waals surface area (Å²) < 4.78 is 1.23. The molecule has 120 valence electrons. The summed E-state index contributed by atoms with van der Waals surface area (Å²) in [5, 5.41) is 0. The van der Waals surface area contributed by atoms with E-state index < -0.39 is 0 Å². The van der Waals surface area contributed by atoms with Crippen molar-refractivity contribution >= 4 is 39.7 Å². The molecule has 1 aliphatic rings. The first kappa shape index (κ1) is 15.3. The van der Waals surface area contributed by atoms with Crippen LogP contribution < -0.4 is 16.4 Å². The molecular formula is C20H18IN3. The highest BCUT2D eigenvalue weighted by Gasteiger charge is 2.30. The molecule has 4 N–H and O–H groups in total. The number of hydrogen-bond donors (Lipinski definition) is 2. The van der Waals surface area contributed by atoms with E-state index in [4.69, 9.17) is 11.5 Å². The van der Waals surface area contributed by atoms with Gasteiger partial charge in [0.2, 0.25) is 0 Å². The largest absolute Gasteiger partial charge is 0.399 e. The van der Waals surface area contributed by atoms with Crippen LogP contribution in [0.2, 0.25) is 0 Å². The number of benzene rings is 3. The average molecular weight is 427 g/mol. The van der Waals surface area contributed by atoms with Crippen molar-refractivity contribution in [3.8, 4) is 11.1 Å². The van der Waals surface area contributed by atoms with Crippen LogP contribution in [0.15, 0.2) is 60.7 Å². The number of rotatable bonds is 1. The molecule has 0 saturated carbocycles. The Morgan fingerprint density at radius 3 is 2.17 bits per heavy atom. The molecule has 0 aliphatic carbocycles. The smallest absolute Gasteiger partial charge is 0.0799 e. The Bertz CT molecular complexity index is 919. The van der Waals surface area contributed by atoms with Gasteiger partial charge in [0.15, 0.2) is 0 Å². The van der Waals surface area contributed by atoms with Crippen molar-refractivity contribution in [1.82, 2.24) is 0 Å². The van der Waals surface area contributed by atoms with E-state index in [1.165, 1.54) is 25.8 Å². The maximum absolute atomic E-state index is 6.10. The minimum Gasteiger partial charge on any atom is -0.399 e. The van der Waals surface area contributed by atoms with Crippen molar-refractivity contribution in [2.75, 3.05) is 23.4 Å². The summed E-state index contributed by atoms with van der Waals surface area (Å²) in [6, 6.07) is 21.1. The third kappa shape index (κ3) is 2.41. The van der Waals surface area contributed by atoms with Crippen LogP contribution in [0, 0.1) is 3.57 Å². The normalized spacial score (nSPS) is 15.8. The van der Waals surface area contributed by atoms with Crippen molar-refractivity contribution < 1.29 is 0 Å². The maximum atomic E-state index is 6.10. The number of anilines is 3. The lowest BCUT2D eigenvalue weighted by atomic mass is 9.85. The van der Waals surface area contributed by atoms with E-state index in [9.17, 15) is 0 Å². The number of nitrogens with two attached hydrogens (primary N) is 2. The van der Waals surface area contributed by atoms with Crippen LogP contribution in [0.5, 0.6) is 0 Å². The molecule has 0 fully saturated rings. The third-order valence-corrected chi connectivity index (χ3v) is 5.35. The highest BCUT2D eigenvalue weighted by atomic mass is 127. The zero-order valence-corrected chi connectivity index (χ0v) is 15.5. The van der Waals surface area contributed by atoms with Gasteiger partial charge in [0, 0.05) is 33.2 Å². The Kier molecular flexibility index (Phi) is 3.64. The molecule has 0 aromatic heterocycles. The molecule has 1 heterocycles. The van der Waals surface area contributed by atoms with Crippen molar-refractivity contribution in [1.29, 1.82) is 0 Å². The summed E-state index contributed by atoms with van der Waals surface area (Å²) in [6.45, 7) is 0. The lowest BCUT2D eigenvalue weighted by molar-refractivity contribution is 0.775. The monoisotopic (exact) mass is 427 g/mol. The Balaban J connectivity index is 1.98. The average Bonchev–Trinajstić information content (AvgIpc) is 2.57. The van der Waals surface area contributed by atoms with Gasteiger partial charge in [0.25, 0.3) is 0 Å². The predicted molar refractivity (Wildman–Crippen MR) is 110 cm³/mol. The highest BCUT2D eigenvalue weighted by Crippen LogP contribution is 2.47. The van der Waals surface area contributed by atoms with Gasteiger partial charge in [-0.15, -0.1) is 0 Å². The highest BCUT2D eigenvalue weighted by molar-refractivity contribution is 14.1. The van der Waals surface area contributed by atoms with Crippen LogP contribution in [0.1, 0.15) is 17.2 Å². The van der Waals surface area contributed by atoms with Crippen LogP contribution in [-0.4, -0.2) is 7.05 Å². The van der Waals surface area contributed by atoms with Crippen molar-refractivity contribution in [2.45, 2.75) is 6.04 Å². The molecule has 4 heteroatoms. The summed E-state index contributed by atoms with van der Waals surface area (Å²) in [5.41, 5.74) is 19.8. The topological polar surface area (TPSA) is 55.3 Å². The Hall–Kier alpha value is -2.21. The minimum absolute atomic E-state index is 0.120. The van der Waals surface area contributed by atoms with Gasteiger partial charge in [0.1, 0.15) is 0 Å². The minimum atomic E-state index is 0.120. The van der Waals surface area contributed by atoms with Gasteiger partial charge in [0.05, 0.1) is 6.04 Å². The van der Waals surface area contributed by atoms with Gasteiger partial charge in [-0.3, -0.25) is 0 Å². The van der Waals surface area contributed by atoms with Crippen molar-refractivity contribution in [3.63, 3.8) is 0 Å². The first-order chi connectivity index (χ1) is 11.5. The Labute approximate surface area is 155 Å². The molecule has 24 heavy (non-hydrogen) atoms. The molecule has 0 saturated heterocycles. The number of halogens is 1. The molecule has 0 radical (unpaired) electrons. The quantitative estimate of drug-likeness (QED) is 0.439. The summed E-state index contributed by atoms with van der Waals surface area (Å²) in [7, 11) is 2.12. The predicted octanol–water partition coefficient (Wildman–Crippen LogP) is 4.66. The maximum Gasteiger partial charge on any atom is 0.0799 e. The molecule has 3 aromatic rings. The summed E-state index contributed by atoms with van der Waals surface area (Å²) in [6.07, 6.45) is 0. The van der Waals surface area contributed by atoms with Crippen molar-refractivity contribution in [3.05, 3.63) is 75.4 Å². The van der Waals surface area contributed by atoms with Gasteiger partial charge < -0.3 is 16.4 Å². The van der Waals surface area contributed by atoms with E-state index >= 15 is 0 Å². The summed E-state index contributed by atoms with van der Waals surface area (Å²) >= 11 is 2.33. The fourth-order valence-electron chi connectivity index (χ4n) is 3.52. The van der Waals surface area contributed by atoms with Gasteiger partial charge >= 0.3 is 0 Å². The van der Waals surface area contributed by atoms with Crippen LogP contribution in [-0.2, 0) is 0 Å². The van der Waals surface area contributed by atoms with Gasteiger partial charge in [-0.25, -0.2) is 0 Å². The van der Waals surface area contributed by atoms with Crippen LogP contribution in [0.4, 0.5) is 17.1 Å². The first-order valence-electron chi connectivity index (χ1n) is 7.82. The van der Waals surface area contributed by atoms with E-state index in [1.54, 1.807) is 0 Å². The SMILES string of the molecule is CN1c2cc(N)ccc2-c2ccc(N)cc2C1c1ccc(I)cc1. The third-order valence-electron chi connectivity index (χ3n) is 4.64. The van der Waals surface area contributed by atoms with E-state index in [0.29, 0.717) is 0 Å². The molecule has 4 rings (SSSR count). The second-order valence-corrected chi connectivity index (χ2v) is 7.43. The molecular weight excluding hydrogens is 409 g/mol. The number of hydrogen-bond acceptors (Lipinski definition) is 3.